The Balaban J connectivity index is 0.0000109. The van der Waals surface area contributed by atoms with E-state index in [0.29, 0.717) is 31.3 Å². The largest absolute Gasteiger partial charge is 0.493 e. The highest BCUT2D eigenvalue weighted by Gasteiger charge is 2.24. The molecular formula is C26H47ClN2O5. The van der Waals surface area contributed by atoms with E-state index in [-0.39, 0.29) is 36.7 Å². The summed E-state index contributed by atoms with van der Waals surface area (Å²) in [7, 11) is 3.31. The van der Waals surface area contributed by atoms with Crippen molar-refractivity contribution < 1.29 is 24.1 Å². The molecule has 0 saturated heterocycles. The van der Waals surface area contributed by atoms with Crippen molar-refractivity contribution in [2.24, 2.45) is 23.5 Å². The van der Waals surface area contributed by atoms with E-state index in [4.69, 9.17) is 19.9 Å². The number of methoxy groups -OCH3 is 2. The van der Waals surface area contributed by atoms with Gasteiger partial charge in [-0.05, 0) is 55.2 Å². The third kappa shape index (κ3) is 11.3. The van der Waals surface area contributed by atoms with Crippen LogP contribution in [-0.2, 0) is 16.0 Å². The number of hydrogen-bond acceptors (Lipinski definition) is 6. The Bertz CT molecular complexity index is 685. The van der Waals surface area contributed by atoms with Crippen molar-refractivity contribution in [3.63, 3.8) is 0 Å². The molecule has 3 unspecified atom stereocenters. The maximum absolute atomic E-state index is 12.2. The predicted molar refractivity (Wildman–Crippen MR) is 140 cm³/mol. The van der Waals surface area contributed by atoms with Gasteiger partial charge in [-0.15, -0.1) is 12.4 Å². The van der Waals surface area contributed by atoms with Crippen LogP contribution in [0.1, 0.15) is 58.9 Å². The first-order valence-corrected chi connectivity index (χ1v) is 12.3. The third-order valence-electron chi connectivity index (χ3n) is 6.33. The van der Waals surface area contributed by atoms with Crippen molar-refractivity contribution in [2.75, 3.05) is 34.0 Å². The van der Waals surface area contributed by atoms with Gasteiger partial charge in [-0.1, -0.05) is 33.8 Å². The average Bonchev–Trinajstić information content (AvgIpc) is 2.80. The van der Waals surface area contributed by atoms with Crippen LogP contribution in [0.2, 0.25) is 0 Å². The number of nitrogens with two attached hydrogens (primary N) is 1. The number of halogens is 1. The monoisotopic (exact) mass is 502 g/mol. The van der Waals surface area contributed by atoms with Crippen LogP contribution >= 0.6 is 12.4 Å². The smallest absolute Gasteiger partial charge is 0.223 e. The minimum Gasteiger partial charge on any atom is -0.493 e. The molecule has 0 spiro atoms. The summed E-state index contributed by atoms with van der Waals surface area (Å²) in [6, 6.07) is 5.59. The first-order chi connectivity index (χ1) is 15.8. The number of carbonyl (C=O) groups excluding carboxylic acids is 1. The highest BCUT2D eigenvalue weighted by Crippen LogP contribution is 2.31. The second-order valence-electron chi connectivity index (χ2n) is 9.11. The van der Waals surface area contributed by atoms with Crippen molar-refractivity contribution in [1.29, 1.82) is 0 Å². The van der Waals surface area contributed by atoms with Crippen LogP contribution in [-0.4, -0.2) is 57.1 Å². The molecule has 1 aromatic carbocycles. The summed E-state index contributed by atoms with van der Waals surface area (Å²) in [5.74, 6) is 2.06. The lowest BCUT2D eigenvalue weighted by atomic mass is 9.83. The number of hydrogen-bond donors (Lipinski definition) is 3. The quantitative estimate of drug-likeness (QED) is 0.278. The molecule has 34 heavy (non-hydrogen) atoms. The van der Waals surface area contributed by atoms with Gasteiger partial charge in [0.1, 0.15) is 0 Å². The van der Waals surface area contributed by atoms with Crippen molar-refractivity contribution in [2.45, 2.75) is 71.9 Å². The van der Waals surface area contributed by atoms with E-state index in [1.165, 1.54) is 0 Å². The number of rotatable bonds is 17. The fourth-order valence-corrected chi connectivity index (χ4v) is 3.91. The average molecular weight is 503 g/mol. The van der Waals surface area contributed by atoms with Gasteiger partial charge in [-0.25, -0.2) is 0 Å². The van der Waals surface area contributed by atoms with Crippen LogP contribution in [0, 0.1) is 17.8 Å². The summed E-state index contributed by atoms with van der Waals surface area (Å²) in [6.45, 7) is 9.73. The summed E-state index contributed by atoms with van der Waals surface area (Å²) in [5.41, 5.74) is 7.49. The Hall–Kier alpha value is -1.54. The maximum atomic E-state index is 12.2. The molecule has 8 heteroatoms. The molecule has 1 aromatic rings. The van der Waals surface area contributed by atoms with Crippen LogP contribution in [0.4, 0.5) is 0 Å². The fraction of sp³-hybridized carbons (Fsp3) is 0.731. The highest BCUT2D eigenvalue weighted by atomic mass is 35.5. The summed E-state index contributed by atoms with van der Waals surface area (Å²) in [4.78, 5) is 12.2. The number of aliphatic hydroxyl groups is 1. The fourth-order valence-electron chi connectivity index (χ4n) is 3.91. The second kappa shape index (κ2) is 17.8. The molecule has 7 nitrogen and oxygen atoms in total. The Morgan fingerprint density at radius 3 is 2.35 bits per heavy atom. The van der Waals surface area contributed by atoms with Crippen molar-refractivity contribution in [3.8, 4) is 11.5 Å². The lowest BCUT2D eigenvalue weighted by molar-refractivity contribution is -0.125. The summed E-state index contributed by atoms with van der Waals surface area (Å²) in [6.07, 6.45) is 3.09. The van der Waals surface area contributed by atoms with Gasteiger partial charge in [-0.2, -0.15) is 0 Å². The minimum atomic E-state index is -0.778. The van der Waals surface area contributed by atoms with Crippen molar-refractivity contribution in [1.82, 2.24) is 5.32 Å². The summed E-state index contributed by atoms with van der Waals surface area (Å²) in [5, 5.41) is 13.4. The van der Waals surface area contributed by atoms with E-state index < -0.39 is 12.1 Å². The lowest BCUT2D eigenvalue weighted by Gasteiger charge is -2.28. The molecule has 0 aliphatic heterocycles. The molecule has 0 aromatic heterocycles. The molecule has 4 N–H and O–H groups in total. The zero-order valence-electron chi connectivity index (χ0n) is 21.8. The van der Waals surface area contributed by atoms with Gasteiger partial charge in [0.05, 0.1) is 19.8 Å². The molecule has 1 rings (SSSR count). The van der Waals surface area contributed by atoms with Crippen LogP contribution in [0.25, 0.3) is 0 Å². The van der Waals surface area contributed by atoms with Crippen molar-refractivity contribution >= 4 is 18.3 Å². The number of nitrogens with one attached hydrogen (secondary N) is 1. The Morgan fingerprint density at radius 2 is 1.79 bits per heavy atom. The molecule has 0 saturated carbocycles. The van der Waals surface area contributed by atoms with Gasteiger partial charge in [-0.3, -0.25) is 4.79 Å². The zero-order chi connectivity index (χ0) is 24.8. The Labute approximate surface area is 212 Å². The highest BCUT2D eigenvalue weighted by molar-refractivity contribution is 5.85. The normalized spacial score (nSPS) is 13.8. The Kier molecular flexibility index (Phi) is 17.0. The predicted octanol–water partition coefficient (Wildman–Crippen LogP) is 3.98. The topological polar surface area (TPSA) is 103 Å². The van der Waals surface area contributed by atoms with Crippen LogP contribution < -0.4 is 20.5 Å². The number of carbonyl (C=O) groups is 1. The molecule has 0 bridgehead atoms. The van der Waals surface area contributed by atoms with E-state index >= 15 is 0 Å². The van der Waals surface area contributed by atoms with Gasteiger partial charge >= 0.3 is 0 Å². The minimum absolute atomic E-state index is 0. The third-order valence-corrected chi connectivity index (χ3v) is 6.33. The summed E-state index contributed by atoms with van der Waals surface area (Å²) < 4.78 is 16.4. The lowest BCUT2D eigenvalue weighted by Crippen LogP contribution is -2.46. The maximum Gasteiger partial charge on any atom is 0.223 e. The Morgan fingerprint density at radius 1 is 1.12 bits per heavy atom. The number of ether oxygens (including phenoxy) is 3. The zero-order valence-corrected chi connectivity index (χ0v) is 22.7. The standard InChI is InChI=1S/C26H46N2O5.ClH/c1-7-20(8-2)26(30)28-17-23(29)22(27)16-21(18(3)4)14-19-10-11-24(32-6)25(15-19)33-13-9-12-31-5;/h10-11,15,18,20-23,29H,7-9,12-14,16-17,27H2,1-6H3,(H,28,30);1H. The second-order valence-corrected chi connectivity index (χ2v) is 9.11. The first-order valence-electron chi connectivity index (χ1n) is 12.3. The van der Waals surface area contributed by atoms with E-state index in [0.717, 1.165) is 37.0 Å². The van der Waals surface area contributed by atoms with Gasteiger partial charge < -0.3 is 30.4 Å². The van der Waals surface area contributed by atoms with Crippen molar-refractivity contribution in [3.05, 3.63) is 23.8 Å². The molecule has 0 aliphatic rings. The van der Waals surface area contributed by atoms with Gasteiger partial charge in [0.15, 0.2) is 11.5 Å². The molecular weight excluding hydrogens is 456 g/mol. The van der Waals surface area contributed by atoms with Gasteiger partial charge in [0, 0.05) is 38.6 Å². The number of aliphatic hydroxyl groups excluding tert-OH is 1. The van der Waals surface area contributed by atoms with Crippen LogP contribution in [0.15, 0.2) is 18.2 Å². The van der Waals surface area contributed by atoms with Gasteiger partial charge in [0.2, 0.25) is 5.91 Å². The van der Waals surface area contributed by atoms with Crippen LogP contribution in [0.5, 0.6) is 11.5 Å². The SMILES string of the molecule is CCC(CC)C(=O)NCC(O)C(N)CC(Cc1ccc(OC)c(OCCCOC)c1)C(C)C.Cl. The van der Waals surface area contributed by atoms with E-state index in [1.54, 1.807) is 14.2 Å². The number of amides is 1. The van der Waals surface area contributed by atoms with Crippen LogP contribution in [0.3, 0.4) is 0 Å². The molecule has 3 atom stereocenters. The molecule has 0 heterocycles. The van der Waals surface area contributed by atoms with E-state index in [9.17, 15) is 9.90 Å². The molecule has 0 fully saturated rings. The number of benzene rings is 1. The molecule has 0 aliphatic carbocycles. The first kappa shape index (κ1) is 32.5. The molecule has 1 amide bonds. The summed E-state index contributed by atoms with van der Waals surface area (Å²) >= 11 is 0. The molecule has 198 valence electrons. The van der Waals surface area contributed by atoms with E-state index in [2.05, 4.69) is 19.2 Å². The molecule has 0 radical (unpaired) electrons. The van der Waals surface area contributed by atoms with Gasteiger partial charge in [0.25, 0.3) is 0 Å². The van der Waals surface area contributed by atoms with E-state index in [1.807, 2.05) is 32.0 Å².